The van der Waals surface area contributed by atoms with Crippen LogP contribution in [0.3, 0.4) is 0 Å². The van der Waals surface area contributed by atoms with Crippen LogP contribution in [-0.4, -0.2) is 40.4 Å². The average molecular weight is 248 g/mol. The second-order valence-electron chi connectivity index (χ2n) is 4.26. The fourth-order valence-corrected chi connectivity index (χ4v) is 2.17. The van der Waals surface area contributed by atoms with E-state index in [0.29, 0.717) is 11.5 Å². The van der Waals surface area contributed by atoms with Crippen molar-refractivity contribution in [1.29, 1.82) is 0 Å². The number of rotatable bonds is 2. The van der Waals surface area contributed by atoms with Crippen LogP contribution in [0.4, 0.5) is 5.88 Å². The Morgan fingerprint density at radius 1 is 1.56 bits per heavy atom. The Labute approximate surface area is 103 Å². The molecule has 3 heterocycles. The molecule has 0 spiro atoms. The molecule has 0 radical (unpaired) electrons. The second kappa shape index (κ2) is 3.95. The lowest BCUT2D eigenvalue weighted by Crippen LogP contribution is -2.35. The van der Waals surface area contributed by atoms with E-state index in [-0.39, 0.29) is 12.0 Å². The van der Waals surface area contributed by atoms with Crippen molar-refractivity contribution in [3.63, 3.8) is 0 Å². The van der Waals surface area contributed by atoms with Crippen molar-refractivity contribution in [2.45, 2.75) is 12.6 Å². The van der Waals surface area contributed by atoms with Gasteiger partial charge in [0.15, 0.2) is 5.76 Å². The van der Waals surface area contributed by atoms with E-state index >= 15 is 0 Å². The first-order valence-corrected chi connectivity index (χ1v) is 5.65. The summed E-state index contributed by atoms with van der Waals surface area (Å²) in [4.78, 5) is 14.5. The highest BCUT2D eigenvalue weighted by molar-refractivity contribution is 6.07. The van der Waals surface area contributed by atoms with Gasteiger partial charge >= 0.3 is 5.88 Å². The first kappa shape index (κ1) is 11.0. The molecule has 0 aliphatic carbocycles. The Bertz CT molecular complexity index is 548. The van der Waals surface area contributed by atoms with Gasteiger partial charge in [-0.15, -0.1) is 0 Å². The van der Waals surface area contributed by atoms with Crippen LogP contribution in [0.15, 0.2) is 33.8 Å². The van der Waals surface area contributed by atoms with E-state index in [1.54, 1.807) is 12.1 Å². The number of hydrazine groups is 1. The molecule has 3 rings (SSSR count). The number of hydrogen-bond acceptors (Lipinski definition) is 6. The number of furan rings is 1. The average Bonchev–Trinajstić information content (AvgIpc) is 2.96. The molecule has 0 saturated carbocycles. The lowest BCUT2D eigenvalue weighted by Gasteiger charge is -2.28. The topological polar surface area (TPSA) is 75.1 Å². The molecular weight excluding hydrogens is 236 g/mol. The summed E-state index contributed by atoms with van der Waals surface area (Å²) in [7, 11) is 2.00. The quantitative estimate of drug-likeness (QED) is 0.584. The third kappa shape index (κ3) is 1.68. The summed E-state index contributed by atoms with van der Waals surface area (Å²) in [6.07, 6.45) is 4.74. The molecule has 0 bridgehead atoms. The zero-order valence-electron chi connectivity index (χ0n) is 9.81. The zero-order valence-corrected chi connectivity index (χ0v) is 9.81. The minimum Gasteiger partial charge on any atom is -0.399 e. The Kier molecular flexibility index (Phi) is 2.41. The highest BCUT2D eigenvalue weighted by atomic mass is 16.6. The van der Waals surface area contributed by atoms with Gasteiger partial charge in [0.1, 0.15) is 16.8 Å². The van der Waals surface area contributed by atoms with E-state index in [2.05, 4.69) is 10.0 Å². The molecule has 0 amide bonds. The maximum Gasteiger partial charge on any atom is 0.433 e. The summed E-state index contributed by atoms with van der Waals surface area (Å²) in [5, 5.41) is 14.7. The van der Waals surface area contributed by atoms with Crippen LogP contribution in [0.2, 0.25) is 0 Å². The second-order valence-corrected chi connectivity index (χ2v) is 4.26. The van der Waals surface area contributed by atoms with E-state index in [4.69, 9.17) is 4.42 Å². The van der Waals surface area contributed by atoms with Crippen molar-refractivity contribution < 1.29 is 9.34 Å². The summed E-state index contributed by atoms with van der Waals surface area (Å²) in [6.45, 7) is 0.949. The molecule has 0 aromatic carbocycles. The third-order valence-corrected chi connectivity index (χ3v) is 3.11. The summed E-state index contributed by atoms with van der Waals surface area (Å²) < 4.78 is 5.15. The van der Waals surface area contributed by atoms with Gasteiger partial charge in [-0.2, -0.15) is 0 Å². The summed E-state index contributed by atoms with van der Waals surface area (Å²) in [6, 6.07) is 2.93. The van der Waals surface area contributed by atoms with Gasteiger partial charge in [0.25, 0.3) is 0 Å². The molecule has 94 valence electrons. The number of hydrogen-bond donors (Lipinski definition) is 0. The number of fused-ring (bicyclic) bond motifs is 1. The molecule has 1 aromatic rings. The molecule has 7 nitrogen and oxygen atoms in total. The molecule has 2 aliphatic heterocycles. The predicted molar refractivity (Wildman–Crippen MR) is 63.9 cm³/mol. The monoisotopic (exact) mass is 248 g/mol. The highest BCUT2D eigenvalue weighted by Crippen LogP contribution is 2.24. The fourth-order valence-electron chi connectivity index (χ4n) is 2.17. The molecular formula is C11H12N4O3. The van der Waals surface area contributed by atoms with Gasteiger partial charge < -0.3 is 4.42 Å². The van der Waals surface area contributed by atoms with E-state index in [1.807, 2.05) is 18.3 Å². The molecule has 1 aromatic heterocycles. The molecule has 1 atom stereocenters. The van der Waals surface area contributed by atoms with Gasteiger partial charge in [-0.3, -0.25) is 20.1 Å². The van der Waals surface area contributed by atoms with Crippen LogP contribution < -0.4 is 0 Å². The predicted octanol–water partition coefficient (Wildman–Crippen LogP) is 1.38. The maximum absolute atomic E-state index is 10.6. The molecule has 1 unspecified atom stereocenters. The van der Waals surface area contributed by atoms with Gasteiger partial charge in [0, 0.05) is 26.2 Å². The Morgan fingerprint density at radius 2 is 2.39 bits per heavy atom. The van der Waals surface area contributed by atoms with E-state index in [0.717, 1.165) is 13.0 Å². The van der Waals surface area contributed by atoms with Gasteiger partial charge in [-0.05, 0) is 12.1 Å². The Balaban J connectivity index is 1.87. The van der Waals surface area contributed by atoms with Gasteiger partial charge in [0.2, 0.25) is 0 Å². The minimum absolute atomic E-state index is 0.0687. The van der Waals surface area contributed by atoms with Gasteiger partial charge in [-0.1, -0.05) is 0 Å². The highest BCUT2D eigenvalue weighted by Gasteiger charge is 2.29. The first-order valence-electron chi connectivity index (χ1n) is 5.65. The largest absolute Gasteiger partial charge is 0.433 e. The molecule has 7 heteroatoms. The van der Waals surface area contributed by atoms with E-state index in [9.17, 15) is 10.1 Å². The van der Waals surface area contributed by atoms with Crippen LogP contribution in [0.25, 0.3) is 0 Å². The Morgan fingerprint density at radius 3 is 3.11 bits per heavy atom. The Hall–Kier alpha value is -2.15. The van der Waals surface area contributed by atoms with Crippen LogP contribution in [0.1, 0.15) is 12.2 Å². The first-order chi connectivity index (χ1) is 8.65. The van der Waals surface area contributed by atoms with E-state index in [1.165, 1.54) is 6.07 Å². The molecule has 1 fully saturated rings. The zero-order chi connectivity index (χ0) is 12.7. The van der Waals surface area contributed by atoms with Gasteiger partial charge in [-0.25, -0.2) is 5.01 Å². The van der Waals surface area contributed by atoms with Crippen molar-refractivity contribution in [2.24, 2.45) is 4.99 Å². The van der Waals surface area contributed by atoms with Gasteiger partial charge in [0.05, 0.1) is 6.07 Å². The van der Waals surface area contributed by atoms with Crippen molar-refractivity contribution in [3.05, 3.63) is 40.3 Å². The SMILES string of the molecule is CN1CCC2N=C(c3ccc([N+](=O)[O-])o3)C=CN21. The summed E-state index contributed by atoms with van der Waals surface area (Å²) >= 11 is 0. The molecule has 18 heavy (non-hydrogen) atoms. The van der Waals surface area contributed by atoms with E-state index < -0.39 is 4.92 Å². The molecule has 0 N–H and O–H groups in total. The van der Waals surface area contributed by atoms with Crippen molar-refractivity contribution in [3.8, 4) is 0 Å². The van der Waals surface area contributed by atoms with Crippen LogP contribution in [-0.2, 0) is 0 Å². The van der Waals surface area contributed by atoms with Crippen molar-refractivity contribution >= 4 is 11.6 Å². The molecule has 1 saturated heterocycles. The maximum atomic E-state index is 10.6. The number of nitrogens with zero attached hydrogens (tertiary/aromatic N) is 4. The summed E-state index contributed by atoms with van der Waals surface area (Å²) in [5.74, 6) is 0.180. The summed E-state index contributed by atoms with van der Waals surface area (Å²) in [5.41, 5.74) is 0.652. The van der Waals surface area contributed by atoms with Crippen molar-refractivity contribution in [1.82, 2.24) is 10.0 Å². The number of allylic oxidation sites excluding steroid dienone is 1. The number of aliphatic imine (C=N–C) groups is 1. The third-order valence-electron chi connectivity index (χ3n) is 3.11. The lowest BCUT2D eigenvalue weighted by molar-refractivity contribution is -0.402. The van der Waals surface area contributed by atoms with Crippen LogP contribution >= 0.6 is 0 Å². The number of nitro groups is 1. The smallest absolute Gasteiger partial charge is 0.399 e. The minimum atomic E-state index is -0.549. The molecule has 2 aliphatic rings. The normalized spacial score (nSPS) is 23.1. The fraction of sp³-hybridized carbons (Fsp3) is 0.364. The van der Waals surface area contributed by atoms with Crippen LogP contribution in [0, 0.1) is 10.1 Å². The van der Waals surface area contributed by atoms with Crippen LogP contribution in [0.5, 0.6) is 0 Å². The lowest BCUT2D eigenvalue weighted by atomic mass is 10.2. The van der Waals surface area contributed by atoms with Crippen molar-refractivity contribution in [2.75, 3.05) is 13.6 Å². The standard InChI is InChI=1S/C11H12N4O3/c1-13-6-5-10-12-8(4-7-14(10)13)9-2-3-11(18-9)15(16)17/h2-4,7,10H,5-6H2,1H3.